The minimum absolute atomic E-state index is 0.0105. The molecule has 4 heteroatoms. The highest BCUT2D eigenvalue weighted by atomic mass is 16.5. The number of carbonyl (C=O) groups excluding carboxylic acids is 2. The number of esters is 1. The molecule has 1 heterocycles. The highest BCUT2D eigenvalue weighted by molar-refractivity contribution is 5.94. The highest BCUT2D eigenvalue weighted by Crippen LogP contribution is 2.14. The van der Waals surface area contributed by atoms with Gasteiger partial charge in [0.25, 0.3) is 0 Å². The Kier molecular flexibility index (Phi) is 4.72. The summed E-state index contributed by atoms with van der Waals surface area (Å²) in [7, 11) is 1.33. The van der Waals surface area contributed by atoms with Crippen LogP contribution in [0.25, 0.3) is 6.08 Å². The number of ether oxygens (including phenoxy) is 1. The summed E-state index contributed by atoms with van der Waals surface area (Å²) < 4.78 is 6.44. The molecule has 0 bridgehead atoms. The van der Waals surface area contributed by atoms with E-state index in [1.165, 1.54) is 20.1 Å². The first-order valence-electron chi connectivity index (χ1n) is 6.61. The van der Waals surface area contributed by atoms with Crippen molar-refractivity contribution in [2.45, 2.75) is 13.5 Å². The third kappa shape index (κ3) is 3.92. The summed E-state index contributed by atoms with van der Waals surface area (Å²) >= 11 is 0. The minimum Gasteiger partial charge on any atom is -0.466 e. The number of benzene rings is 1. The third-order valence-electron chi connectivity index (χ3n) is 3.09. The predicted molar refractivity (Wildman–Crippen MR) is 81.0 cm³/mol. The zero-order chi connectivity index (χ0) is 15.2. The van der Waals surface area contributed by atoms with Crippen molar-refractivity contribution in [2.75, 3.05) is 7.11 Å². The molecule has 0 N–H and O–H groups in total. The molecular formula is C17H17NO3. The zero-order valence-corrected chi connectivity index (χ0v) is 12.1. The zero-order valence-electron chi connectivity index (χ0n) is 12.1. The van der Waals surface area contributed by atoms with Crippen LogP contribution >= 0.6 is 0 Å². The van der Waals surface area contributed by atoms with Crippen molar-refractivity contribution < 1.29 is 14.3 Å². The van der Waals surface area contributed by atoms with E-state index in [9.17, 15) is 9.59 Å². The van der Waals surface area contributed by atoms with Crippen LogP contribution in [0.2, 0.25) is 0 Å². The average Bonchev–Trinajstić information content (AvgIpc) is 2.89. The number of hydrogen-bond donors (Lipinski definition) is 0. The van der Waals surface area contributed by atoms with Gasteiger partial charge in [0.05, 0.1) is 12.8 Å². The molecule has 0 aliphatic rings. The lowest BCUT2D eigenvalue weighted by Gasteiger charge is -2.06. The SMILES string of the molecule is COC(=O)/C=C/c1cc(C(C)=O)n(Cc2ccccc2)c1. The molecule has 0 aliphatic carbocycles. The second-order valence-corrected chi connectivity index (χ2v) is 4.68. The molecule has 1 aromatic heterocycles. The van der Waals surface area contributed by atoms with E-state index in [0.29, 0.717) is 12.2 Å². The first kappa shape index (κ1) is 14.8. The van der Waals surface area contributed by atoms with Crippen LogP contribution in [0.5, 0.6) is 0 Å². The van der Waals surface area contributed by atoms with Crippen LogP contribution < -0.4 is 0 Å². The maximum atomic E-state index is 11.7. The molecule has 0 unspecified atom stereocenters. The predicted octanol–water partition coefficient (Wildman–Crippen LogP) is 2.93. The summed E-state index contributed by atoms with van der Waals surface area (Å²) in [5.41, 5.74) is 2.52. The number of aromatic nitrogens is 1. The van der Waals surface area contributed by atoms with E-state index < -0.39 is 5.97 Å². The van der Waals surface area contributed by atoms with E-state index in [-0.39, 0.29) is 5.78 Å². The minimum atomic E-state index is -0.421. The Bertz CT molecular complexity index is 669. The van der Waals surface area contributed by atoms with Gasteiger partial charge in [-0.3, -0.25) is 4.79 Å². The lowest BCUT2D eigenvalue weighted by Crippen LogP contribution is -2.06. The molecular weight excluding hydrogens is 266 g/mol. The molecule has 0 radical (unpaired) electrons. The lowest BCUT2D eigenvalue weighted by atomic mass is 10.2. The van der Waals surface area contributed by atoms with Crippen molar-refractivity contribution >= 4 is 17.8 Å². The summed E-state index contributed by atoms with van der Waals surface area (Å²) in [6, 6.07) is 11.7. The summed E-state index contributed by atoms with van der Waals surface area (Å²) in [5, 5.41) is 0. The number of rotatable bonds is 5. The standard InChI is InChI=1S/C17H17NO3/c1-13(19)16-10-15(8-9-17(20)21-2)12-18(16)11-14-6-4-3-5-7-14/h3-10,12H,11H2,1-2H3/b9-8+. The number of nitrogens with zero attached hydrogens (tertiary/aromatic N) is 1. The van der Waals surface area contributed by atoms with E-state index in [1.807, 2.05) is 41.1 Å². The van der Waals surface area contributed by atoms with Gasteiger partial charge in [-0.1, -0.05) is 30.3 Å². The molecule has 1 aromatic carbocycles. The number of hydrogen-bond acceptors (Lipinski definition) is 3. The average molecular weight is 283 g/mol. The Morgan fingerprint density at radius 3 is 2.57 bits per heavy atom. The maximum absolute atomic E-state index is 11.7. The summed E-state index contributed by atoms with van der Waals surface area (Å²) in [6.45, 7) is 2.15. The van der Waals surface area contributed by atoms with Crippen LogP contribution in [-0.4, -0.2) is 23.4 Å². The molecule has 0 atom stereocenters. The van der Waals surface area contributed by atoms with E-state index >= 15 is 0 Å². The highest BCUT2D eigenvalue weighted by Gasteiger charge is 2.09. The fraction of sp³-hybridized carbons (Fsp3) is 0.176. The number of ketones is 1. The monoisotopic (exact) mass is 283 g/mol. The molecule has 2 rings (SSSR count). The van der Waals surface area contributed by atoms with Gasteiger partial charge >= 0.3 is 5.97 Å². The molecule has 0 fully saturated rings. The van der Waals surface area contributed by atoms with Crippen LogP contribution in [0.3, 0.4) is 0 Å². The summed E-state index contributed by atoms with van der Waals surface area (Å²) in [6.07, 6.45) is 4.83. The van der Waals surface area contributed by atoms with E-state index in [4.69, 9.17) is 0 Å². The van der Waals surface area contributed by atoms with Gasteiger partial charge in [0, 0.05) is 25.7 Å². The van der Waals surface area contributed by atoms with Crippen LogP contribution in [0, 0.1) is 0 Å². The molecule has 0 saturated heterocycles. The molecule has 4 nitrogen and oxygen atoms in total. The first-order chi connectivity index (χ1) is 10.1. The fourth-order valence-electron chi connectivity index (χ4n) is 2.07. The largest absolute Gasteiger partial charge is 0.466 e. The van der Waals surface area contributed by atoms with Gasteiger partial charge in [0.1, 0.15) is 0 Å². The van der Waals surface area contributed by atoms with Crippen molar-refractivity contribution in [1.29, 1.82) is 0 Å². The van der Waals surface area contributed by atoms with Gasteiger partial charge in [0.15, 0.2) is 5.78 Å². The van der Waals surface area contributed by atoms with E-state index in [1.54, 1.807) is 12.1 Å². The molecule has 0 aliphatic heterocycles. The molecule has 21 heavy (non-hydrogen) atoms. The Morgan fingerprint density at radius 2 is 1.95 bits per heavy atom. The van der Waals surface area contributed by atoms with Crippen molar-refractivity contribution in [3.8, 4) is 0 Å². The Hall–Kier alpha value is -2.62. The van der Waals surface area contributed by atoms with Crippen molar-refractivity contribution in [3.63, 3.8) is 0 Å². The smallest absolute Gasteiger partial charge is 0.330 e. The molecule has 0 amide bonds. The van der Waals surface area contributed by atoms with Crippen LogP contribution in [0.4, 0.5) is 0 Å². The lowest BCUT2D eigenvalue weighted by molar-refractivity contribution is -0.134. The fourth-order valence-corrected chi connectivity index (χ4v) is 2.07. The van der Waals surface area contributed by atoms with E-state index in [2.05, 4.69) is 4.74 Å². The van der Waals surface area contributed by atoms with Gasteiger partial charge in [-0.25, -0.2) is 4.79 Å². The van der Waals surface area contributed by atoms with Crippen molar-refractivity contribution in [2.24, 2.45) is 0 Å². The Morgan fingerprint density at radius 1 is 1.24 bits per heavy atom. The van der Waals surface area contributed by atoms with Crippen LogP contribution in [0.15, 0.2) is 48.7 Å². The Labute approximate surface area is 123 Å². The van der Waals surface area contributed by atoms with Crippen LogP contribution in [-0.2, 0) is 16.1 Å². The quantitative estimate of drug-likeness (QED) is 0.481. The van der Waals surface area contributed by atoms with Crippen molar-refractivity contribution in [3.05, 3.63) is 65.5 Å². The van der Waals surface area contributed by atoms with Gasteiger partial charge in [0.2, 0.25) is 0 Å². The number of carbonyl (C=O) groups is 2. The van der Waals surface area contributed by atoms with E-state index in [0.717, 1.165) is 11.1 Å². The van der Waals surface area contributed by atoms with Gasteiger partial charge in [-0.15, -0.1) is 0 Å². The normalized spacial score (nSPS) is 10.8. The maximum Gasteiger partial charge on any atom is 0.330 e. The summed E-state index contributed by atoms with van der Waals surface area (Å²) in [4.78, 5) is 22.8. The second-order valence-electron chi connectivity index (χ2n) is 4.68. The first-order valence-corrected chi connectivity index (χ1v) is 6.61. The third-order valence-corrected chi connectivity index (χ3v) is 3.09. The second kappa shape index (κ2) is 6.70. The summed E-state index contributed by atoms with van der Waals surface area (Å²) in [5.74, 6) is -0.432. The van der Waals surface area contributed by atoms with Crippen molar-refractivity contribution in [1.82, 2.24) is 4.57 Å². The van der Waals surface area contributed by atoms with Gasteiger partial charge < -0.3 is 9.30 Å². The topological polar surface area (TPSA) is 48.3 Å². The molecule has 108 valence electrons. The number of methoxy groups -OCH3 is 1. The molecule has 0 spiro atoms. The molecule has 0 saturated carbocycles. The van der Waals surface area contributed by atoms with Gasteiger partial charge in [-0.2, -0.15) is 0 Å². The van der Waals surface area contributed by atoms with Gasteiger partial charge in [-0.05, 0) is 23.3 Å². The molecule has 2 aromatic rings. The Balaban J connectivity index is 2.27. The number of Topliss-reactive ketones (excluding diaryl/α,β-unsaturated/α-hetero) is 1. The van der Waals surface area contributed by atoms with Crippen LogP contribution in [0.1, 0.15) is 28.5 Å².